The monoisotopic (exact) mass is 330 g/mol. The van der Waals surface area contributed by atoms with Crippen molar-refractivity contribution in [2.24, 2.45) is 5.41 Å². The van der Waals surface area contributed by atoms with Crippen LogP contribution in [-0.4, -0.2) is 35.8 Å². The van der Waals surface area contributed by atoms with E-state index >= 15 is 0 Å². The highest BCUT2D eigenvalue weighted by atomic mass is 16.2. The third-order valence-electron chi connectivity index (χ3n) is 4.53. The van der Waals surface area contributed by atoms with Crippen LogP contribution in [0.3, 0.4) is 0 Å². The summed E-state index contributed by atoms with van der Waals surface area (Å²) in [6.07, 6.45) is 0.466. The summed E-state index contributed by atoms with van der Waals surface area (Å²) in [7, 11) is 0. The minimum Gasteiger partial charge on any atom is -0.329 e. The highest BCUT2D eigenvalue weighted by Gasteiger charge is 2.35. The fourth-order valence-electron chi connectivity index (χ4n) is 3.06. The van der Waals surface area contributed by atoms with E-state index in [0.717, 1.165) is 5.69 Å². The van der Waals surface area contributed by atoms with E-state index in [2.05, 4.69) is 26.0 Å². The molecule has 4 nitrogen and oxygen atoms in total. The van der Waals surface area contributed by atoms with E-state index in [4.69, 9.17) is 0 Å². The zero-order valence-electron chi connectivity index (χ0n) is 15.8. The second-order valence-electron chi connectivity index (χ2n) is 8.24. The van der Waals surface area contributed by atoms with Gasteiger partial charge in [-0.3, -0.25) is 9.59 Å². The van der Waals surface area contributed by atoms with Crippen LogP contribution in [-0.2, 0) is 9.59 Å². The second kappa shape index (κ2) is 6.96. The van der Waals surface area contributed by atoms with E-state index in [9.17, 15) is 9.59 Å². The van der Waals surface area contributed by atoms with Crippen LogP contribution in [0.4, 0.5) is 5.69 Å². The first-order valence-corrected chi connectivity index (χ1v) is 8.81. The molecule has 1 aromatic carbocycles. The Labute approximate surface area is 145 Å². The van der Waals surface area contributed by atoms with Crippen molar-refractivity contribution >= 4 is 17.5 Å². The van der Waals surface area contributed by atoms with Crippen LogP contribution >= 0.6 is 0 Å². The predicted octanol–water partition coefficient (Wildman–Crippen LogP) is 3.81. The van der Waals surface area contributed by atoms with E-state index in [1.165, 1.54) is 5.56 Å². The van der Waals surface area contributed by atoms with Gasteiger partial charge in [0.25, 0.3) is 0 Å². The zero-order chi connectivity index (χ0) is 18.1. The number of carbonyl (C=O) groups is 2. The summed E-state index contributed by atoms with van der Waals surface area (Å²) in [5, 5.41) is 0. The van der Waals surface area contributed by atoms with Crippen molar-refractivity contribution in [2.75, 3.05) is 18.0 Å². The first kappa shape index (κ1) is 18.5. The van der Waals surface area contributed by atoms with E-state index < -0.39 is 6.04 Å². The minimum absolute atomic E-state index is 0.000746. The quantitative estimate of drug-likeness (QED) is 0.845. The van der Waals surface area contributed by atoms with Gasteiger partial charge >= 0.3 is 0 Å². The van der Waals surface area contributed by atoms with Crippen LogP contribution in [0, 0.1) is 5.41 Å². The lowest BCUT2D eigenvalue weighted by molar-refractivity contribution is -0.142. The summed E-state index contributed by atoms with van der Waals surface area (Å²) in [5.41, 5.74) is 2.11. The fourth-order valence-corrected chi connectivity index (χ4v) is 3.06. The number of rotatable bonds is 3. The molecule has 0 radical (unpaired) electrons. The number of nitrogens with zero attached hydrogens (tertiary/aromatic N) is 2. The van der Waals surface area contributed by atoms with Gasteiger partial charge in [-0.15, -0.1) is 0 Å². The maximum Gasteiger partial charge on any atom is 0.249 e. The van der Waals surface area contributed by atoms with Crippen molar-refractivity contribution in [1.29, 1.82) is 0 Å². The van der Waals surface area contributed by atoms with Crippen molar-refractivity contribution in [1.82, 2.24) is 4.90 Å². The second-order valence-corrected chi connectivity index (χ2v) is 8.24. The van der Waals surface area contributed by atoms with Gasteiger partial charge in [0.2, 0.25) is 11.8 Å². The number of benzene rings is 1. The van der Waals surface area contributed by atoms with Gasteiger partial charge in [-0.05, 0) is 36.0 Å². The largest absolute Gasteiger partial charge is 0.329 e. The Morgan fingerprint density at radius 1 is 1.17 bits per heavy atom. The molecule has 1 aliphatic rings. The Kier molecular flexibility index (Phi) is 5.36. The molecule has 2 rings (SSSR count). The Morgan fingerprint density at radius 3 is 2.25 bits per heavy atom. The fraction of sp³-hybridized carbons (Fsp3) is 0.600. The van der Waals surface area contributed by atoms with Crippen LogP contribution in [0.5, 0.6) is 0 Å². The van der Waals surface area contributed by atoms with Crippen LogP contribution < -0.4 is 4.90 Å². The van der Waals surface area contributed by atoms with Crippen molar-refractivity contribution in [3.63, 3.8) is 0 Å². The SMILES string of the molecule is CC(C)c1ccc(N2CCN(C(=O)CC(C)(C)C)[C@H](C)C2=O)cc1. The first-order chi connectivity index (χ1) is 11.1. The highest BCUT2D eigenvalue weighted by molar-refractivity contribution is 6.00. The van der Waals surface area contributed by atoms with Crippen LogP contribution in [0.2, 0.25) is 0 Å². The molecule has 0 N–H and O–H groups in total. The molecular formula is C20H30N2O2. The van der Waals surface area contributed by atoms with E-state index in [0.29, 0.717) is 25.4 Å². The van der Waals surface area contributed by atoms with Gasteiger partial charge in [0, 0.05) is 25.2 Å². The lowest BCUT2D eigenvalue weighted by atomic mass is 9.91. The molecule has 0 unspecified atom stereocenters. The van der Waals surface area contributed by atoms with E-state index in [-0.39, 0.29) is 17.2 Å². The summed E-state index contributed by atoms with van der Waals surface area (Å²) in [6.45, 7) is 13.4. The van der Waals surface area contributed by atoms with E-state index in [1.54, 1.807) is 9.80 Å². The van der Waals surface area contributed by atoms with Crippen molar-refractivity contribution in [2.45, 2.75) is 59.9 Å². The molecule has 2 amide bonds. The first-order valence-electron chi connectivity index (χ1n) is 8.81. The van der Waals surface area contributed by atoms with Gasteiger partial charge in [-0.1, -0.05) is 46.8 Å². The van der Waals surface area contributed by atoms with Gasteiger partial charge in [0.15, 0.2) is 0 Å². The summed E-state index contributed by atoms with van der Waals surface area (Å²) in [4.78, 5) is 28.8. The summed E-state index contributed by atoms with van der Waals surface area (Å²) >= 11 is 0. The number of hydrogen-bond acceptors (Lipinski definition) is 2. The number of piperazine rings is 1. The average molecular weight is 330 g/mol. The Morgan fingerprint density at radius 2 is 1.75 bits per heavy atom. The maximum absolute atomic E-state index is 12.8. The Hall–Kier alpha value is -1.84. The molecule has 4 heteroatoms. The van der Waals surface area contributed by atoms with Crippen LogP contribution in [0.1, 0.15) is 59.4 Å². The normalized spacial score (nSPS) is 19.1. The molecule has 1 aliphatic heterocycles. The molecule has 0 bridgehead atoms. The smallest absolute Gasteiger partial charge is 0.249 e. The van der Waals surface area contributed by atoms with Gasteiger partial charge in [-0.25, -0.2) is 0 Å². The van der Waals surface area contributed by atoms with Crippen molar-refractivity contribution in [3.05, 3.63) is 29.8 Å². The summed E-state index contributed by atoms with van der Waals surface area (Å²) in [6, 6.07) is 7.77. The highest BCUT2D eigenvalue weighted by Crippen LogP contribution is 2.26. The van der Waals surface area contributed by atoms with Gasteiger partial charge in [0.1, 0.15) is 6.04 Å². The third kappa shape index (κ3) is 4.16. The molecule has 0 saturated carbocycles. The Balaban J connectivity index is 2.10. The van der Waals surface area contributed by atoms with Crippen LogP contribution in [0.15, 0.2) is 24.3 Å². The van der Waals surface area contributed by atoms with Crippen molar-refractivity contribution < 1.29 is 9.59 Å². The van der Waals surface area contributed by atoms with Gasteiger partial charge in [-0.2, -0.15) is 0 Å². The number of hydrogen-bond donors (Lipinski definition) is 0. The van der Waals surface area contributed by atoms with E-state index in [1.807, 2.05) is 39.8 Å². The lowest BCUT2D eigenvalue weighted by Gasteiger charge is -2.40. The Bertz CT molecular complexity index is 599. The molecule has 1 heterocycles. The predicted molar refractivity (Wildman–Crippen MR) is 98.1 cm³/mol. The average Bonchev–Trinajstić information content (AvgIpc) is 2.48. The minimum atomic E-state index is -0.404. The van der Waals surface area contributed by atoms with Crippen LogP contribution in [0.25, 0.3) is 0 Å². The lowest BCUT2D eigenvalue weighted by Crippen LogP contribution is -2.58. The molecule has 0 aliphatic carbocycles. The van der Waals surface area contributed by atoms with Gasteiger partial charge in [0.05, 0.1) is 0 Å². The van der Waals surface area contributed by atoms with Crippen molar-refractivity contribution in [3.8, 4) is 0 Å². The topological polar surface area (TPSA) is 40.6 Å². The number of amides is 2. The standard InChI is InChI=1S/C20H30N2O2/c1-14(2)16-7-9-17(10-8-16)22-12-11-21(15(3)19(22)24)18(23)13-20(4,5)6/h7-10,14-15H,11-13H2,1-6H3/t15-/m1/s1. The number of carbonyl (C=O) groups excluding carboxylic acids is 2. The summed E-state index contributed by atoms with van der Waals surface area (Å²) in [5.74, 6) is 0.541. The molecule has 24 heavy (non-hydrogen) atoms. The molecule has 1 fully saturated rings. The third-order valence-corrected chi connectivity index (χ3v) is 4.53. The summed E-state index contributed by atoms with van der Waals surface area (Å²) < 4.78 is 0. The molecule has 1 atom stereocenters. The zero-order valence-corrected chi connectivity index (χ0v) is 15.8. The van der Waals surface area contributed by atoms with Gasteiger partial charge < -0.3 is 9.80 Å². The molecule has 0 aromatic heterocycles. The number of anilines is 1. The molecule has 0 spiro atoms. The molecule has 1 saturated heterocycles. The molecular weight excluding hydrogens is 300 g/mol. The molecule has 132 valence electrons. The molecule has 1 aromatic rings. The maximum atomic E-state index is 12.8.